The van der Waals surface area contributed by atoms with Crippen molar-refractivity contribution in [1.29, 1.82) is 0 Å². The van der Waals surface area contributed by atoms with Crippen molar-refractivity contribution in [3.05, 3.63) is 33.4 Å². The third kappa shape index (κ3) is 3.40. The van der Waals surface area contributed by atoms with E-state index in [1.807, 2.05) is 0 Å². The maximum atomic E-state index is 12.7. The molecule has 9 heteroatoms. The van der Waals surface area contributed by atoms with Gasteiger partial charge in [0, 0.05) is 31.8 Å². The molecule has 1 aliphatic heterocycles. The van der Waals surface area contributed by atoms with E-state index in [1.54, 1.807) is 13.8 Å². The van der Waals surface area contributed by atoms with Crippen LogP contribution in [0.2, 0.25) is 0 Å². The molecule has 1 unspecified atom stereocenters. The zero-order chi connectivity index (χ0) is 15.8. The molecule has 0 aliphatic carbocycles. The molecule has 1 aromatic rings. The number of nitrogens with zero attached hydrogens (tertiary/aromatic N) is 2. The summed E-state index contributed by atoms with van der Waals surface area (Å²) in [6, 6.07) is 2.43. The zero-order valence-corrected chi connectivity index (χ0v) is 14.3. The lowest BCUT2D eigenvalue weighted by molar-refractivity contribution is -0.385. The van der Waals surface area contributed by atoms with Crippen molar-refractivity contribution in [2.24, 2.45) is 0 Å². The second-order valence-electron chi connectivity index (χ2n) is 5.31. The number of hydrogen-bond acceptors (Lipinski definition) is 5. The highest BCUT2D eigenvalue weighted by Gasteiger charge is 2.32. The van der Waals surface area contributed by atoms with E-state index in [2.05, 4.69) is 5.32 Å². The minimum Gasteiger partial charge on any atom is -0.315 e. The van der Waals surface area contributed by atoms with Gasteiger partial charge in [0.05, 0.1) is 9.82 Å². The van der Waals surface area contributed by atoms with Gasteiger partial charge in [-0.15, -0.1) is 12.4 Å². The number of likely N-dealkylation sites (N-methyl/N-ethyl adjacent to an activating group) is 1. The topological polar surface area (TPSA) is 92.5 Å². The van der Waals surface area contributed by atoms with Crippen molar-refractivity contribution in [3.8, 4) is 0 Å². The van der Waals surface area contributed by atoms with Gasteiger partial charge in [0.2, 0.25) is 10.0 Å². The van der Waals surface area contributed by atoms with Crippen LogP contribution in [-0.4, -0.2) is 43.8 Å². The third-order valence-corrected chi connectivity index (χ3v) is 6.06. The lowest BCUT2D eigenvalue weighted by Gasteiger charge is -2.24. The Labute approximate surface area is 136 Å². The van der Waals surface area contributed by atoms with Crippen LogP contribution in [0.25, 0.3) is 0 Å². The molecule has 1 aromatic carbocycles. The van der Waals surface area contributed by atoms with Gasteiger partial charge in [0.1, 0.15) is 0 Å². The predicted octanol–water partition coefficient (Wildman–Crippen LogP) is 1.62. The maximum absolute atomic E-state index is 12.7. The molecule has 124 valence electrons. The van der Waals surface area contributed by atoms with E-state index >= 15 is 0 Å². The van der Waals surface area contributed by atoms with E-state index in [0.29, 0.717) is 17.7 Å². The summed E-state index contributed by atoms with van der Waals surface area (Å²) in [6.07, 6.45) is 0.739. The molecule has 0 aromatic heterocycles. The molecule has 0 saturated carbocycles. The maximum Gasteiger partial charge on any atom is 0.271 e. The van der Waals surface area contributed by atoms with Gasteiger partial charge in [-0.2, -0.15) is 4.31 Å². The van der Waals surface area contributed by atoms with Gasteiger partial charge in [-0.25, -0.2) is 8.42 Å². The van der Waals surface area contributed by atoms with E-state index < -0.39 is 14.9 Å². The number of nitro benzene ring substituents is 1. The van der Waals surface area contributed by atoms with E-state index in [0.717, 1.165) is 19.0 Å². The first-order chi connectivity index (χ1) is 9.75. The molecular formula is C13H20ClN3O4S. The summed E-state index contributed by atoms with van der Waals surface area (Å²) in [7, 11) is -2.21. The number of benzene rings is 1. The molecule has 7 nitrogen and oxygen atoms in total. The minimum atomic E-state index is -3.74. The van der Waals surface area contributed by atoms with Crippen molar-refractivity contribution in [2.75, 3.05) is 20.1 Å². The van der Waals surface area contributed by atoms with Crippen LogP contribution in [-0.2, 0) is 10.0 Å². The molecule has 22 heavy (non-hydrogen) atoms. The third-order valence-electron chi connectivity index (χ3n) is 4.02. The highest BCUT2D eigenvalue weighted by molar-refractivity contribution is 7.89. The molecule has 1 aliphatic rings. The first-order valence-electron chi connectivity index (χ1n) is 6.69. The number of nitro groups is 1. The molecule has 0 amide bonds. The number of rotatable bonds is 4. The highest BCUT2D eigenvalue weighted by Crippen LogP contribution is 2.28. The molecule has 2 rings (SSSR count). The monoisotopic (exact) mass is 349 g/mol. The average molecular weight is 350 g/mol. The fourth-order valence-corrected chi connectivity index (χ4v) is 4.18. The smallest absolute Gasteiger partial charge is 0.271 e. The summed E-state index contributed by atoms with van der Waals surface area (Å²) in [5, 5.41) is 14.1. The Kier molecular flexibility index (Phi) is 5.91. The van der Waals surface area contributed by atoms with Crippen LogP contribution < -0.4 is 5.32 Å². The van der Waals surface area contributed by atoms with E-state index in [-0.39, 0.29) is 29.0 Å². The van der Waals surface area contributed by atoms with Crippen LogP contribution in [0.1, 0.15) is 17.5 Å². The first-order valence-corrected chi connectivity index (χ1v) is 8.13. The Balaban J connectivity index is 0.00000242. The number of halogens is 1. The van der Waals surface area contributed by atoms with Crippen LogP contribution in [0.3, 0.4) is 0 Å². The largest absolute Gasteiger partial charge is 0.315 e. The molecule has 1 fully saturated rings. The van der Waals surface area contributed by atoms with Gasteiger partial charge < -0.3 is 5.32 Å². The van der Waals surface area contributed by atoms with E-state index in [9.17, 15) is 18.5 Å². The Morgan fingerprint density at radius 2 is 2.00 bits per heavy atom. The standard InChI is InChI=1S/C13H19N3O4S.ClH/c1-9-6-12(16(17)18)7-13(10(9)2)21(19,20)15(3)11-4-5-14-8-11;/h6-7,11,14H,4-5,8H2,1-3H3;1H. The highest BCUT2D eigenvalue weighted by atomic mass is 35.5. The Bertz CT molecular complexity index is 672. The summed E-state index contributed by atoms with van der Waals surface area (Å²) in [5.74, 6) is 0. The molecule has 0 spiro atoms. The van der Waals surface area contributed by atoms with Crippen molar-refractivity contribution in [2.45, 2.75) is 31.2 Å². The Hall–Kier alpha value is -1.22. The van der Waals surface area contributed by atoms with Gasteiger partial charge in [-0.05, 0) is 37.9 Å². The Morgan fingerprint density at radius 1 is 1.36 bits per heavy atom. The summed E-state index contributed by atoms with van der Waals surface area (Å²) < 4.78 is 26.8. The molecule has 1 atom stereocenters. The van der Waals surface area contributed by atoms with Gasteiger partial charge in [0.15, 0.2) is 0 Å². The number of hydrogen-bond donors (Lipinski definition) is 1. The Morgan fingerprint density at radius 3 is 2.50 bits per heavy atom. The van der Waals surface area contributed by atoms with Gasteiger partial charge in [-0.3, -0.25) is 10.1 Å². The fourth-order valence-electron chi connectivity index (χ4n) is 2.48. The SMILES string of the molecule is Cc1cc([N+](=O)[O-])cc(S(=O)(=O)N(C)C2CCNC2)c1C.Cl. The lowest BCUT2D eigenvalue weighted by Crippen LogP contribution is -2.38. The van der Waals surface area contributed by atoms with Crippen molar-refractivity contribution < 1.29 is 13.3 Å². The molecule has 1 heterocycles. The summed E-state index contributed by atoms with van der Waals surface area (Å²) in [5.41, 5.74) is 0.953. The van der Waals surface area contributed by atoms with Crippen LogP contribution in [0.4, 0.5) is 5.69 Å². The van der Waals surface area contributed by atoms with Crippen LogP contribution in [0.15, 0.2) is 17.0 Å². The second kappa shape index (κ2) is 6.91. The van der Waals surface area contributed by atoms with Crippen LogP contribution in [0, 0.1) is 24.0 Å². The van der Waals surface area contributed by atoms with Gasteiger partial charge in [-0.1, -0.05) is 0 Å². The number of aryl methyl sites for hydroxylation is 1. The van der Waals surface area contributed by atoms with Crippen LogP contribution >= 0.6 is 12.4 Å². The van der Waals surface area contributed by atoms with Crippen molar-refractivity contribution >= 4 is 28.1 Å². The molecule has 1 saturated heterocycles. The minimum absolute atomic E-state index is 0. The summed E-state index contributed by atoms with van der Waals surface area (Å²) in [6.45, 7) is 4.73. The number of sulfonamides is 1. The number of nitrogens with one attached hydrogen (secondary N) is 1. The molecule has 1 N–H and O–H groups in total. The quantitative estimate of drug-likeness (QED) is 0.658. The molecule has 0 bridgehead atoms. The molecular weight excluding hydrogens is 330 g/mol. The fraction of sp³-hybridized carbons (Fsp3) is 0.538. The van der Waals surface area contributed by atoms with Crippen molar-refractivity contribution in [3.63, 3.8) is 0 Å². The molecule has 0 radical (unpaired) electrons. The van der Waals surface area contributed by atoms with E-state index in [4.69, 9.17) is 0 Å². The first kappa shape index (κ1) is 18.8. The number of non-ortho nitro benzene ring substituents is 1. The second-order valence-corrected chi connectivity index (χ2v) is 7.28. The lowest BCUT2D eigenvalue weighted by atomic mass is 10.1. The van der Waals surface area contributed by atoms with E-state index in [1.165, 1.54) is 17.4 Å². The normalized spacial score (nSPS) is 18.3. The van der Waals surface area contributed by atoms with Gasteiger partial charge >= 0.3 is 0 Å². The predicted molar refractivity (Wildman–Crippen MR) is 86.0 cm³/mol. The van der Waals surface area contributed by atoms with Crippen LogP contribution in [0.5, 0.6) is 0 Å². The van der Waals surface area contributed by atoms with Gasteiger partial charge in [0.25, 0.3) is 5.69 Å². The van der Waals surface area contributed by atoms with Crippen molar-refractivity contribution in [1.82, 2.24) is 9.62 Å². The zero-order valence-electron chi connectivity index (χ0n) is 12.7. The summed E-state index contributed by atoms with van der Waals surface area (Å²) in [4.78, 5) is 10.4. The average Bonchev–Trinajstić information content (AvgIpc) is 2.94. The summed E-state index contributed by atoms with van der Waals surface area (Å²) >= 11 is 0.